The van der Waals surface area contributed by atoms with Crippen molar-refractivity contribution in [2.75, 3.05) is 7.11 Å². The molecule has 0 saturated carbocycles. The van der Waals surface area contributed by atoms with Gasteiger partial charge in [-0.15, -0.1) is 0 Å². The number of rotatable bonds is 2. The van der Waals surface area contributed by atoms with Crippen LogP contribution in [0.2, 0.25) is 0 Å². The number of benzene rings is 2. The Labute approximate surface area is 125 Å². The Balaban J connectivity index is 1.97. The van der Waals surface area contributed by atoms with Gasteiger partial charge in [0.05, 0.1) is 12.8 Å². The fraction of sp³-hybridized carbons (Fsp3) is 0.0588. The van der Waals surface area contributed by atoms with Gasteiger partial charge in [0.25, 0.3) is 0 Å². The molecule has 4 aromatic rings. The SMILES string of the molecule is COc1ccc(-n2cnc3c(oc4ccccc43)c2=O)cc1. The molecular weight excluding hydrogens is 280 g/mol. The van der Waals surface area contributed by atoms with Crippen LogP contribution in [0.15, 0.2) is 64.1 Å². The van der Waals surface area contributed by atoms with Gasteiger partial charge < -0.3 is 9.15 Å². The maximum Gasteiger partial charge on any atom is 0.301 e. The van der Waals surface area contributed by atoms with Gasteiger partial charge >= 0.3 is 5.56 Å². The van der Waals surface area contributed by atoms with Crippen molar-refractivity contribution in [2.24, 2.45) is 0 Å². The molecule has 0 spiro atoms. The number of nitrogens with zero attached hydrogens (tertiary/aromatic N) is 2. The fourth-order valence-corrected chi connectivity index (χ4v) is 2.51. The van der Waals surface area contributed by atoms with Gasteiger partial charge in [0.1, 0.15) is 23.2 Å². The summed E-state index contributed by atoms with van der Waals surface area (Å²) < 4.78 is 12.3. The molecule has 22 heavy (non-hydrogen) atoms. The summed E-state index contributed by atoms with van der Waals surface area (Å²) in [5, 5.41) is 0.844. The molecule has 0 bridgehead atoms. The Kier molecular flexibility index (Phi) is 2.72. The maximum absolute atomic E-state index is 12.7. The summed E-state index contributed by atoms with van der Waals surface area (Å²) in [4.78, 5) is 17.0. The lowest BCUT2D eigenvalue weighted by Gasteiger charge is -2.05. The summed E-state index contributed by atoms with van der Waals surface area (Å²) in [6.45, 7) is 0. The van der Waals surface area contributed by atoms with E-state index in [9.17, 15) is 4.79 Å². The van der Waals surface area contributed by atoms with Crippen LogP contribution in [-0.2, 0) is 0 Å². The number of methoxy groups -OCH3 is 1. The third kappa shape index (κ3) is 1.79. The molecule has 5 heteroatoms. The number of aromatic nitrogens is 2. The van der Waals surface area contributed by atoms with Crippen LogP contribution in [0.4, 0.5) is 0 Å². The third-order valence-electron chi connectivity index (χ3n) is 3.64. The van der Waals surface area contributed by atoms with Crippen molar-refractivity contribution in [3.8, 4) is 11.4 Å². The summed E-state index contributed by atoms with van der Waals surface area (Å²) in [6.07, 6.45) is 1.52. The predicted molar refractivity (Wildman–Crippen MR) is 83.7 cm³/mol. The van der Waals surface area contributed by atoms with Crippen LogP contribution in [0, 0.1) is 0 Å². The molecule has 5 nitrogen and oxygen atoms in total. The zero-order chi connectivity index (χ0) is 15.1. The number of hydrogen-bond acceptors (Lipinski definition) is 4. The second kappa shape index (κ2) is 4.73. The summed E-state index contributed by atoms with van der Waals surface area (Å²) in [7, 11) is 1.60. The molecule has 0 fully saturated rings. The monoisotopic (exact) mass is 292 g/mol. The Hall–Kier alpha value is -3.08. The lowest BCUT2D eigenvalue weighted by Crippen LogP contribution is -2.17. The summed E-state index contributed by atoms with van der Waals surface area (Å²) in [5.74, 6) is 0.731. The van der Waals surface area contributed by atoms with E-state index in [1.165, 1.54) is 10.9 Å². The molecule has 0 aliphatic carbocycles. The van der Waals surface area contributed by atoms with Crippen molar-refractivity contribution in [1.29, 1.82) is 0 Å². The van der Waals surface area contributed by atoms with Crippen molar-refractivity contribution in [3.63, 3.8) is 0 Å². The Morgan fingerprint density at radius 2 is 1.86 bits per heavy atom. The van der Waals surface area contributed by atoms with Crippen LogP contribution in [0.5, 0.6) is 5.75 Å². The highest BCUT2D eigenvalue weighted by Crippen LogP contribution is 2.24. The van der Waals surface area contributed by atoms with Gasteiger partial charge in [-0.25, -0.2) is 4.98 Å². The van der Waals surface area contributed by atoms with E-state index < -0.39 is 0 Å². The van der Waals surface area contributed by atoms with Crippen LogP contribution in [0.25, 0.3) is 27.8 Å². The largest absolute Gasteiger partial charge is 0.497 e. The summed E-state index contributed by atoms with van der Waals surface area (Å²) in [6, 6.07) is 14.7. The average Bonchev–Trinajstić information content (AvgIpc) is 2.95. The highest BCUT2D eigenvalue weighted by atomic mass is 16.5. The van der Waals surface area contributed by atoms with E-state index in [0.29, 0.717) is 16.8 Å². The summed E-state index contributed by atoms with van der Waals surface area (Å²) >= 11 is 0. The summed E-state index contributed by atoms with van der Waals surface area (Å²) in [5.41, 5.74) is 1.99. The van der Waals surface area contributed by atoms with Crippen LogP contribution in [0.1, 0.15) is 0 Å². The van der Waals surface area contributed by atoms with Gasteiger partial charge in [-0.2, -0.15) is 0 Å². The van der Waals surface area contributed by atoms with Crippen molar-refractivity contribution < 1.29 is 9.15 Å². The molecule has 0 radical (unpaired) electrons. The highest BCUT2D eigenvalue weighted by molar-refractivity contribution is 6.01. The Bertz CT molecular complexity index is 1030. The molecule has 0 saturated heterocycles. The zero-order valence-electron chi connectivity index (χ0n) is 11.8. The topological polar surface area (TPSA) is 57.3 Å². The fourth-order valence-electron chi connectivity index (χ4n) is 2.51. The first kappa shape index (κ1) is 12.6. The number of fused-ring (bicyclic) bond motifs is 3. The van der Waals surface area contributed by atoms with Gasteiger partial charge in [0.2, 0.25) is 5.58 Å². The predicted octanol–water partition coefficient (Wildman–Crippen LogP) is 3.14. The molecule has 108 valence electrons. The lowest BCUT2D eigenvalue weighted by atomic mass is 10.2. The van der Waals surface area contributed by atoms with Crippen LogP contribution in [0.3, 0.4) is 0 Å². The first-order valence-corrected chi connectivity index (χ1v) is 6.81. The number of para-hydroxylation sites is 1. The zero-order valence-corrected chi connectivity index (χ0v) is 11.8. The van der Waals surface area contributed by atoms with Gasteiger partial charge in [0.15, 0.2) is 0 Å². The van der Waals surface area contributed by atoms with E-state index in [4.69, 9.17) is 9.15 Å². The molecule has 0 amide bonds. The third-order valence-corrected chi connectivity index (χ3v) is 3.64. The normalized spacial score (nSPS) is 11.1. The van der Waals surface area contributed by atoms with E-state index in [2.05, 4.69) is 4.98 Å². The van der Waals surface area contributed by atoms with Crippen LogP contribution < -0.4 is 10.3 Å². The minimum absolute atomic E-state index is 0.230. The first-order chi connectivity index (χ1) is 10.8. The van der Waals surface area contributed by atoms with Crippen molar-refractivity contribution in [1.82, 2.24) is 9.55 Å². The van der Waals surface area contributed by atoms with Gasteiger partial charge in [-0.1, -0.05) is 12.1 Å². The second-order valence-corrected chi connectivity index (χ2v) is 4.89. The molecule has 0 N–H and O–H groups in total. The smallest absolute Gasteiger partial charge is 0.301 e. The van der Waals surface area contributed by atoms with Crippen LogP contribution >= 0.6 is 0 Å². The maximum atomic E-state index is 12.7. The molecule has 0 atom stereocenters. The van der Waals surface area contributed by atoms with Crippen molar-refractivity contribution >= 4 is 22.1 Å². The molecule has 4 rings (SSSR count). The average molecular weight is 292 g/mol. The van der Waals surface area contributed by atoms with Gasteiger partial charge in [-0.05, 0) is 36.4 Å². The molecule has 0 unspecified atom stereocenters. The molecule has 2 aromatic carbocycles. The van der Waals surface area contributed by atoms with E-state index in [-0.39, 0.29) is 11.1 Å². The van der Waals surface area contributed by atoms with Crippen molar-refractivity contribution in [2.45, 2.75) is 0 Å². The quantitative estimate of drug-likeness (QED) is 0.569. The Morgan fingerprint density at radius 3 is 2.64 bits per heavy atom. The molecule has 2 aromatic heterocycles. The number of hydrogen-bond donors (Lipinski definition) is 0. The Morgan fingerprint density at radius 1 is 1.09 bits per heavy atom. The number of ether oxygens (including phenoxy) is 1. The van der Waals surface area contributed by atoms with E-state index in [0.717, 1.165) is 11.1 Å². The second-order valence-electron chi connectivity index (χ2n) is 4.89. The lowest BCUT2D eigenvalue weighted by molar-refractivity contribution is 0.414. The van der Waals surface area contributed by atoms with Gasteiger partial charge in [-0.3, -0.25) is 9.36 Å². The van der Waals surface area contributed by atoms with E-state index in [1.807, 2.05) is 24.3 Å². The van der Waals surface area contributed by atoms with E-state index in [1.54, 1.807) is 31.4 Å². The molecule has 2 heterocycles. The van der Waals surface area contributed by atoms with Crippen molar-refractivity contribution in [3.05, 3.63) is 65.2 Å². The van der Waals surface area contributed by atoms with Crippen LogP contribution in [-0.4, -0.2) is 16.7 Å². The standard InChI is InChI=1S/C17H12N2O3/c1-21-12-8-6-11(7-9-12)19-10-18-15-13-4-2-3-5-14(13)22-16(15)17(19)20/h2-10H,1H3. The highest BCUT2D eigenvalue weighted by Gasteiger charge is 2.13. The molecule has 0 aliphatic rings. The number of furan rings is 1. The molecular formula is C17H12N2O3. The molecule has 0 aliphatic heterocycles. The van der Waals surface area contributed by atoms with E-state index >= 15 is 0 Å². The minimum Gasteiger partial charge on any atom is -0.497 e. The first-order valence-electron chi connectivity index (χ1n) is 6.81. The minimum atomic E-state index is -0.230. The van der Waals surface area contributed by atoms with Gasteiger partial charge in [0, 0.05) is 5.39 Å².